The molecule has 0 unspecified atom stereocenters. The van der Waals surface area contributed by atoms with E-state index in [2.05, 4.69) is 20.4 Å². The summed E-state index contributed by atoms with van der Waals surface area (Å²) < 4.78 is 1.32. The lowest BCUT2D eigenvalue weighted by molar-refractivity contribution is -0.384. The predicted molar refractivity (Wildman–Crippen MR) is 139 cm³/mol. The maximum atomic E-state index is 13.4. The van der Waals surface area contributed by atoms with E-state index in [1.807, 2.05) is 44.2 Å². The number of fused-ring (bicyclic) bond motifs is 2. The number of carbonyl (C=O) groups is 1. The average molecular weight is 480 g/mol. The Morgan fingerprint density at radius 3 is 2.42 bits per heavy atom. The number of hydrogen-bond donors (Lipinski definition) is 2. The van der Waals surface area contributed by atoms with Crippen LogP contribution in [0.2, 0.25) is 0 Å². The molecule has 2 heterocycles. The first-order valence-corrected chi connectivity index (χ1v) is 11.1. The summed E-state index contributed by atoms with van der Waals surface area (Å²) in [5, 5.41) is 18.4. The molecule has 0 atom stereocenters. The highest BCUT2D eigenvalue weighted by Crippen LogP contribution is 2.29. The van der Waals surface area contributed by atoms with Crippen molar-refractivity contribution in [2.24, 2.45) is 5.10 Å². The second-order valence-electron chi connectivity index (χ2n) is 8.38. The highest BCUT2D eigenvalue weighted by molar-refractivity contribution is 6.16. The number of carbonyl (C=O) groups excluding carboxylic acids is 1. The van der Waals surface area contributed by atoms with Crippen molar-refractivity contribution >= 4 is 51.5 Å². The number of rotatable bonds is 5. The van der Waals surface area contributed by atoms with Crippen LogP contribution < -0.4 is 11.1 Å². The van der Waals surface area contributed by atoms with Gasteiger partial charge in [-0.2, -0.15) is 9.78 Å². The van der Waals surface area contributed by atoms with Crippen LogP contribution in [0.5, 0.6) is 0 Å². The molecule has 0 spiro atoms. The highest BCUT2D eigenvalue weighted by Gasteiger charge is 2.24. The molecule has 5 aromatic rings. The molecule has 0 aliphatic heterocycles. The van der Waals surface area contributed by atoms with E-state index in [-0.39, 0.29) is 17.1 Å². The first kappa shape index (κ1) is 22.7. The molecule has 2 aromatic heterocycles. The SMILES string of the molecule is Cc1cc(C)cc(NC(=O)c2c(N)n(/N=C/c3cccc([N+](=O)[O-])c3)c3nc4ccccc4nc23)c1. The topological polar surface area (TPSA) is 141 Å². The van der Waals surface area contributed by atoms with Gasteiger partial charge >= 0.3 is 0 Å². The summed E-state index contributed by atoms with van der Waals surface area (Å²) in [7, 11) is 0. The number of nitro groups is 1. The van der Waals surface area contributed by atoms with Crippen molar-refractivity contribution in [1.29, 1.82) is 0 Å². The van der Waals surface area contributed by atoms with Gasteiger partial charge in [-0.05, 0) is 49.2 Å². The molecule has 0 saturated heterocycles. The molecule has 0 aliphatic rings. The van der Waals surface area contributed by atoms with Crippen molar-refractivity contribution in [1.82, 2.24) is 14.6 Å². The summed E-state index contributed by atoms with van der Waals surface area (Å²) in [6.07, 6.45) is 1.42. The first-order chi connectivity index (χ1) is 17.3. The minimum atomic E-state index is -0.482. The van der Waals surface area contributed by atoms with Gasteiger partial charge in [0.2, 0.25) is 0 Å². The van der Waals surface area contributed by atoms with Gasteiger partial charge in [-0.3, -0.25) is 14.9 Å². The Kier molecular flexibility index (Phi) is 5.61. The normalized spacial score (nSPS) is 11.4. The van der Waals surface area contributed by atoms with E-state index >= 15 is 0 Å². The summed E-state index contributed by atoms with van der Waals surface area (Å²) in [4.78, 5) is 33.4. The van der Waals surface area contributed by atoms with Crippen molar-refractivity contribution in [3.05, 3.63) is 99.1 Å². The molecule has 1 amide bonds. The number of anilines is 2. The maximum absolute atomic E-state index is 13.4. The third-order valence-electron chi connectivity index (χ3n) is 5.58. The number of benzene rings is 3. The average Bonchev–Trinajstić information content (AvgIpc) is 3.10. The standard InChI is InChI=1S/C26H21N7O3/c1-15-10-16(2)12-18(11-15)29-26(34)22-23-25(31-21-9-4-3-8-20(21)30-23)32(24(22)27)28-14-17-6-5-7-19(13-17)33(35)36/h3-14H,27H2,1-2H3,(H,29,34)/b28-14+. The van der Waals surface area contributed by atoms with E-state index in [4.69, 9.17) is 5.73 Å². The Bertz CT molecular complexity index is 1690. The number of aromatic nitrogens is 3. The van der Waals surface area contributed by atoms with E-state index in [0.717, 1.165) is 11.1 Å². The van der Waals surface area contributed by atoms with Gasteiger partial charge in [0.15, 0.2) is 5.65 Å². The first-order valence-electron chi connectivity index (χ1n) is 11.1. The van der Waals surface area contributed by atoms with Crippen molar-refractivity contribution in [2.75, 3.05) is 11.1 Å². The van der Waals surface area contributed by atoms with Crippen LogP contribution in [0.1, 0.15) is 27.0 Å². The van der Waals surface area contributed by atoms with Crippen LogP contribution >= 0.6 is 0 Å². The van der Waals surface area contributed by atoms with Crippen molar-refractivity contribution < 1.29 is 9.72 Å². The molecule has 10 nitrogen and oxygen atoms in total. The fourth-order valence-electron chi connectivity index (χ4n) is 4.07. The Hall–Kier alpha value is -5.12. The summed E-state index contributed by atoms with van der Waals surface area (Å²) >= 11 is 0. The minimum absolute atomic E-state index is 0.0452. The fourth-order valence-corrected chi connectivity index (χ4v) is 4.07. The lowest BCUT2D eigenvalue weighted by atomic mass is 10.1. The number of nitrogens with one attached hydrogen (secondary N) is 1. The molecule has 0 radical (unpaired) electrons. The van der Waals surface area contributed by atoms with Gasteiger partial charge in [0.25, 0.3) is 11.6 Å². The molecule has 178 valence electrons. The van der Waals surface area contributed by atoms with Gasteiger partial charge in [-0.15, -0.1) is 0 Å². The zero-order valence-electron chi connectivity index (χ0n) is 19.5. The lowest BCUT2D eigenvalue weighted by Gasteiger charge is -2.08. The highest BCUT2D eigenvalue weighted by atomic mass is 16.6. The number of nitrogens with zero attached hydrogens (tertiary/aromatic N) is 5. The van der Waals surface area contributed by atoms with Gasteiger partial charge in [0.05, 0.1) is 22.2 Å². The number of nitrogens with two attached hydrogens (primary N) is 1. The number of hydrogen-bond acceptors (Lipinski definition) is 7. The minimum Gasteiger partial charge on any atom is -0.383 e. The van der Waals surface area contributed by atoms with E-state index in [9.17, 15) is 14.9 Å². The Labute approximate surface area is 205 Å². The Morgan fingerprint density at radius 1 is 1.03 bits per heavy atom. The largest absolute Gasteiger partial charge is 0.383 e. The van der Waals surface area contributed by atoms with Crippen LogP contribution in [0.3, 0.4) is 0 Å². The molecule has 3 N–H and O–H groups in total. The van der Waals surface area contributed by atoms with Crippen LogP contribution in [0.4, 0.5) is 17.2 Å². The molecule has 5 rings (SSSR count). The number of aryl methyl sites for hydroxylation is 2. The molecule has 36 heavy (non-hydrogen) atoms. The van der Waals surface area contributed by atoms with Gasteiger partial charge in [0.1, 0.15) is 16.9 Å². The molecule has 0 bridgehead atoms. The molecule has 3 aromatic carbocycles. The molecule has 0 saturated carbocycles. The van der Waals surface area contributed by atoms with Crippen LogP contribution in [0, 0.1) is 24.0 Å². The molecular weight excluding hydrogens is 458 g/mol. The van der Waals surface area contributed by atoms with Gasteiger partial charge in [-0.25, -0.2) is 9.97 Å². The van der Waals surface area contributed by atoms with Crippen molar-refractivity contribution in [3.8, 4) is 0 Å². The third kappa shape index (κ3) is 4.23. The number of para-hydroxylation sites is 2. The summed E-state index contributed by atoms with van der Waals surface area (Å²) in [5.41, 5.74) is 11.4. The van der Waals surface area contributed by atoms with Crippen molar-refractivity contribution in [2.45, 2.75) is 13.8 Å². The van der Waals surface area contributed by atoms with Crippen LogP contribution in [0.15, 0.2) is 71.8 Å². The van der Waals surface area contributed by atoms with E-state index in [0.29, 0.717) is 33.4 Å². The number of amides is 1. The maximum Gasteiger partial charge on any atom is 0.270 e. The summed E-state index contributed by atoms with van der Waals surface area (Å²) in [6.45, 7) is 3.90. The summed E-state index contributed by atoms with van der Waals surface area (Å²) in [6, 6.07) is 19.0. The van der Waals surface area contributed by atoms with Crippen LogP contribution in [0.25, 0.3) is 22.2 Å². The smallest absolute Gasteiger partial charge is 0.270 e. The molecule has 0 fully saturated rings. The number of non-ortho nitro benzene ring substituents is 1. The third-order valence-corrected chi connectivity index (χ3v) is 5.58. The molecular formula is C26H21N7O3. The number of nitrogen functional groups attached to an aromatic ring is 1. The van der Waals surface area contributed by atoms with Gasteiger partial charge < -0.3 is 11.1 Å². The quantitative estimate of drug-likeness (QED) is 0.210. The lowest BCUT2D eigenvalue weighted by Crippen LogP contribution is -2.14. The zero-order chi connectivity index (χ0) is 25.4. The second kappa shape index (κ2) is 8.91. The molecule has 0 aliphatic carbocycles. The fraction of sp³-hybridized carbons (Fsp3) is 0.0769. The molecule has 10 heteroatoms. The van der Waals surface area contributed by atoms with Crippen LogP contribution in [-0.2, 0) is 0 Å². The van der Waals surface area contributed by atoms with Gasteiger partial charge in [0, 0.05) is 23.4 Å². The second-order valence-corrected chi connectivity index (χ2v) is 8.38. The number of nitro benzene ring substituents is 1. The Morgan fingerprint density at radius 2 is 1.72 bits per heavy atom. The van der Waals surface area contributed by atoms with Crippen LogP contribution in [-0.4, -0.2) is 31.7 Å². The van der Waals surface area contributed by atoms with E-state index < -0.39 is 10.8 Å². The van der Waals surface area contributed by atoms with E-state index in [1.54, 1.807) is 24.3 Å². The predicted octanol–water partition coefficient (Wildman–Crippen LogP) is 4.83. The van der Waals surface area contributed by atoms with Crippen molar-refractivity contribution in [3.63, 3.8) is 0 Å². The Balaban J connectivity index is 1.65. The van der Waals surface area contributed by atoms with E-state index in [1.165, 1.54) is 23.0 Å². The zero-order valence-corrected chi connectivity index (χ0v) is 19.5. The monoisotopic (exact) mass is 479 g/mol. The van der Waals surface area contributed by atoms with Gasteiger partial charge in [-0.1, -0.05) is 30.3 Å². The summed E-state index contributed by atoms with van der Waals surface area (Å²) in [5.74, 6) is -0.403.